The molecule has 0 bridgehead atoms. The maximum Gasteiger partial charge on any atom is 0.573 e. The van der Waals surface area contributed by atoms with E-state index < -0.39 is 12.1 Å². The summed E-state index contributed by atoms with van der Waals surface area (Å²) in [7, 11) is 0. The molecule has 0 radical (unpaired) electrons. The number of aromatic nitrogens is 1. The summed E-state index contributed by atoms with van der Waals surface area (Å²) in [6, 6.07) is 0.926. The molecule has 0 saturated heterocycles. The molecule has 0 aromatic carbocycles. The van der Waals surface area contributed by atoms with Gasteiger partial charge in [0.05, 0.1) is 11.4 Å². The van der Waals surface area contributed by atoms with Gasteiger partial charge in [0.2, 0.25) is 0 Å². The summed E-state index contributed by atoms with van der Waals surface area (Å²) in [5.41, 5.74) is 10.6. The number of nitrogen functional groups attached to an aromatic ring is 2. The van der Waals surface area contributed by atoms with Crippen LogP contribution in [0.4, 0.5) is 24.7 Å². The van der Waals surface area contributed by atoms with Gasteiger partial charge < -0.3 is 16.2 Å². The molecule has 1 heterocycles. The lowest BCUT2D eigenvalue weighted by Gasteiger charge is -2.12. The molecule has 1 rings (SSSR count). The first kappa shape index (κ1) is 10.4. The van der Waals surface area contributed by atoms with Gasteiger partial charge in [-0.05, 0) is 6.92 Å². The third kappa shape index (κ3) is 2.41. The van der Waals surface area contributed by atoms with Crippen LogP contribution in [0.25, 0.3) is 0 Å². The Balaban J connectivity index is 3.09. The van der Waals surface area contributed by atoms with Crippen molar-refractivity contribution in [1.29, 1.82) is 0 Å². The normalized spacial score (nSPS) is 11.4. The highest BCUT2D eigenvalue weighted by atomic mass is 19.4. The minimum atomic E-state index is -4.78. The van der Waals surface area contributed by atoms with Crippen molar-refractivity contribution >= 4 is 11.5 Å². The van der Waals surface area contributed by atoms with Crippen LogP contribution in [0.15, 0.2) is 6.07 Å². The molecule has 0 amide bonds. The fourth-order valence-electron chi connectivity index (χ4n) is 0.886. The third-order valence-corrected chi connectivity index (χ3v) is 1.46. The lowest BCUT2D eigenvalue weighted by Crippen LogP contribution is -2.18. The predicted molar refractivity (Wildman–Crippen MR) is 44.5 cm³/mol. The van der Waals surface area contributed by atoms with Gasteiger partial charge in [0.25, 0.3) is 0 Å². The molecule has 0 aliphatic rings. The van der Waals surface area contributed by atoms with E-state index >= 15 is 0 Å². The Morgan fingerprint density at radius 3 is 2.43 bits per heavy atom. The SMILES string of the molecule is Cc1nc(N)cc(OC(F)(F)F)c1N. The Morgan fingerprint density at radius 1 is 1.36 bits per heavy atom. The zero-order chi connectivity index (χ0) is 10.9. The Bertz CT molecular complexity index is 351. The minimum Gasteiger partial charge on any atom is -0.403 e. The van der Waals surface area contributed by atoms with Crippen molar-refractivity contribution in [2.24, 2.45) is 0 Å². The second-order valence-electron chi connectivity index (χ2n) is 2.59. The Hall–Kier alpha value is -1.66. The van der Waals surface area contributed by atoms with Gasteiger partial charge >= 0.3 is 6.36 Å². The second kappa shape index (κ2) is 3.24. The van der Waals surface area contributed by atoms with Gasteiger partial charge in [0.1, 0.15) is 5.82 Å². The van der Waals surface area contributed by atoms with Crippen LogP contribution in [0.3, 0.4) is 0 Å². The van der Waals surface area contributed by atoms with Crippen LogP contribution in [0.2, 0.25) is 0 Å². The Kier molecular flexibility index (Phi) is 2.41. The molecular formula is C7H8F3N3O. The lowest BCUT2D eigenvalue weighted by atomic mass is 10.3. The fraction of sp³-hybridized carbons (Fsp3) is 0.286. The number of aryl methyl sites for hydroxylation is 1. The molecule has 0 saturated carbocycles. The molecule has 0 spiro atoms. The highest BCUT2D eigenvalue weighted by Crippen LogP contribution is 2.30. The van der Waals surface area contributed by atoms with E-state index in [9.17, 15) is 13.2 Å². The maximum absolute atomic E-state index is 11.8. The van der Waals surface area contributed by atoms with Crippen molar-refractivity contribution in [2.45, 2.75) is 13.3 Å². The quantitative estimate of drug-likeness (QED) is 0.730. The zero-order valence-corrected chi connectivity index (χ0v) is 7.22. The average molecular weight is 207 g/mol. The standard InChI is InChI=1S/C7H8F3N3O/c1-3-6(12)4(2-5(11)13-3)14-7(8,9)10/h2H,12H2,1H3,(H2,11,13). The van der Waals surface area contributed by atoms with Crippen LogP contribution in [-0.4, -0.2) is 11.3 Å². The summed E-state index contributed by atoms with van der Waals surface area (Å²) in [5.74, 6) is -0.599. The molecule has 4 nitrogen and oxygen atoms in total. The highest BCUT2D eigenvalue weighted by molar-refractivity contribution is 5.59. The maximum atomic E-state index is 11.8. The number of halogens is 3. The summed E-state index contributed by atoms with van der Waals surface area (Å²) in [6.45, 7) is 1.44. The molecule has 7 heteroatoms. The first-order chi connectivity index (χ1) is 6.29. The van der Waals surface area contributed by atoms with Crippen molar-refractivity contribution in [3.63, 3.8) is 0 Å². The van der Waals surface area contributed by atoms with Gasteiger partial charge in [0.15, 0.2) is 5.75 Å². The number of alkyl halides is 3. The Morgan fingerprint density at radius 2 is 1.93 bits per heavy atom. The molecule has 0 atom stereocenters. The summed E-state index contributed by atoms with van der Waals surface area (Å²) in [6.07, 6.45) is -4.78. The van der Waals surface area contributed by atoms with Crippen molar-refractivity contribution in [2.75, 3.05) is 11.5 Å². The van der Waals surface area contributed by atoms with Gasteiger partial charge in [-0.1, -0.05) is 0 Å². The molecule has 4 N–H and O–H groups in total. The lowest BCUT2D eigenvalue weighted by molar-refractivity contribution is -0.274. The minimum absolute atomic E-state index is 0.0732. The summed E-state index contributed by atoms with van der Waals surface area (Å²) in [4.78, 5) is 3.67. The number of ether oxygens (including phenoxy) is 1. The van der Waals surface area contributed by atoms with Crippen molar-refractivity contribution < 1.29 is 17.9 Å². The molecular weight excluding hydrogens is 199 g/mol. The molecule has 0 aliphatic carbocycles. The van der Waals surface area contributed by atoms with E-state index in [-0.39, 0.29) is 17.2 Å². The smallest absolute Gasteiger partial charge is 0.403 e. The number of hydrogen-bond donors (Lipinski definition) is 2. The van der Waals surface area contributed by atoms with Crippen LogP contribution in [0, 0.1) is 6.92 Å². The molecule has 78 valence electrons. The second-order valence-corrected chi connectivity index (χ2v) is 2.59. The van der Waals surface area contributed by atoms with Crippen LogP contribution in [-0.2, 0) is 0 Å². The predicted octanol–water partition coefficient (Wildman–Crippen LogP) is 1.45. The summed E-state index contributed by atoms with van der Waals surface area (Å²) in [5, 5.41) is 0. The van der Waals surface area contributed by atoms with E-state index in [0.717, 1.165) is 6.07 Å². The highest BCUT2D eigenvalue weighted by Gasteiger charge is 2.32. The molecule has 1 aromatic rings. The van der Waals surface area contributed by atoms with Crippen LogP contribution < -0.4 is 16.2 Å². The van der Waals surface area contributed by atoms with E-state index in [4.69, 9.17) is 11.5 Å². The molecule has 14 heavy (non-hydrogen) atoms. The van der Waals surface area contributed by atoms with E-state index in [1.165, 1.54) is 6.92 Å². The molecule has 0 aliphatic heterocycles. The molecule has 0 fully saturated rings. The summed E-state index contributed by atoms with van der Waals surface area (Å²) < 4.78 is 39.2. The van der Waals surface area contributed by atoms with Crippen LogP contribution in [0.5, 0.6) is 5.75 Å². The van der Waals surface area contributed by atoms with E-state index in [2.05, 4.69) is 9.72 Å². The third-order valence-electron chi connectivity index (χ3n) is 1.46. The molecule has 0 unspecified atom stereocenters. The van der Waals surface area contributed by atoms with Crippen molar-refractivity contribution in [3.8, 4) is 5.75 Å². The number of pyridine rings is 1. The Labute approximate surface area is 77.7 Å². The topological polar surface area (TPSA) is 74.2 Å². The van der Waals surface area contributed by atoms with Gasteiger partial charge in [0, 0.05) is 6.07 Å². The van der Waals surface area contributed by atoms with Gasteiger partial charge in [-0.2, -0.15) is 0 Å². The van der Waals surface area contributed by atoms with Gasteiger partial charge in [-0.3, -0.25) is 0 Å². The number of hydrogen-bond acceptors (Lipinski definition) is 4. The number of anilines is 2. The van der Waals surface area contributed by atoms with Crippen LogP contribution >= 0.6 is 0 Å². The molecule has 1 aromatic heterocycles. The van der Waals surface area contributed by atoms with Crippen LogP contribution in [0.1, 0.15) is 5.69 Å². The number of nitrogens with two attached hydrogens (primary N) is 2. The average Bonchev–Trinajstić information content (AvgIpc) is 1.96. The van der Waals surface area contributed by atoms with E-state index in [1.54, 1.807) is 0 Å². The van der Waals surface area contributed by atoms with Gasteiger partial charge in [-0.25, -0.2) is 4.98 Å². The van der Waals surface area contributed by atoms with E-state index in [1.807, 2.05) is 0 Å². The largest absolute Gasteiger partial charge is 0.573 e. The fourth-order valence-corrected chi connectivity index (χ4v) is 0.886. The monoisotopic (exact) mass is 207 g/mol. The number of rotatable bonds is 1. The first-order valence-corrected chi connectivity index (χ1v) is 3.58. The number of nitrogens with zero attached hydrogens (tertiary/aromatic N) is 1. The zero-order valence-electron chi connectivity index (χ0n) is 7.22. The van der Waals surface area contributed by atoms with Crippen molar-refractivity contribution in [1.82, 2.24) is 4.98 Å². The van der Waals surface area contributed by atoms with E-state index in [0.29, 0.717) is 0 Å². The first-order valence-electron chi connectivity index (χ1n) is 3.58. The van der Waals surface area contributed by atoms with Crippen molar-refractivity contribution in [3.05, 3.63) is 11.8 Å². The summed E-state index contributed by atoms with van der Waals surface area (Å²) >= 11 is 0. The van der Waals surface area contributed by atoms with Gasteiger partial charge in [-0.15, -0.1) is 13.2 Å².